The second-order valence-corrected chi connectivity index (χ2v) is 6.27. The summed E-state index contributed by atoms with van der Waals surface area (Å²) in [4.78, 5) is 25.3. The standard InChI is InChI=1S/C14H19N3O3S/c1-5-16(4)10-6-9-12(8(2)3)15-17(7-11(18)19)14(20)13(9)21-10/h6,8H,5,7H2,1-4H3,(H,18,19). The topological polar surface area (TPSA) is 75.4 Å². The van der Waals surface area contributed by atoms with Crippen LogP contribution >= 0.6 is 11.3 Å². The molecule has 2 aromatic heterocycles. The Bertz CT molecular complexity index is 733. The maximum Gasteiger partial charge on any atom is 0.325 e. The van der Waals surface area contributed by atoms with Gasteiger partial charge in [-0.3, -0.25) is 9.59 Å². The van der Waals surface area contributed by atoms with Gasteiger partial charge in [-0.05, 0) is 18.9 Å². The Kier molecular flexibility index (Phi) is 4.32. The molecular formula is C14H19N3O3S. The Morgan fingerprint density at radius 3 is 2.71 bits per heavy atom. The van der Waals surface area contributed by atoms with Crippen LogP contribution in [0.4, 0.5) is 5.00 Å². The monoisotopic (exact) mass is 309 g/mol. The largest absolute Gasteiger partial charge is 0.480 e. The molecule has 0 aliphatic heterocycles. The molecule has 1 N–H and O–H groups in total. The fraction of sp³-hybridized carbons (Fsp3) is 0.500. The number of carboxylic acids is 1. The van der Waals surface area contributed by atoms with Gasteiger partial charge in [-0.25, -0.2) is 4.68 Å². The molecule has 0 aliphatic carbocycles. The fourth-order valence-corrected chi connectivity index (χ4v) is 3.22. The molecule has 0 bridgehead atoms. The first kappa shape index (κ1) is 15.5. The first-order chi connectivity index (χ1) is 9.85. The highest BCUT2D eigenvalue weighted by Crippen LogP contribution is 2.33. The second-order valence-electron chi connectivity index (χ2n) is 5.24. The zero-order chi connectivity index (χ0) is 15.7. The van der Waals surface area contributed by atoms with Crippen LogP contribution in [0.2, 0.25) is 0 Å². The van der Waals surface area contributed by atoms with Gasteiger partial charge in [-0.15, -0.1) is 11.3 Å². The van der Waals surface area contributed by atoms with Crippen LogP contribution < -0.4 is 10.5 Å². The van der Waals surface area contributed by atoms with E-state index in [0.29, 0.717) is 4.70 Å². The number of carbonyl (C=O) groups is 1. The highest BCUT2D eigenvalue weighted by atomic mass is 32.1. The molecule has 6 nitrogen and oxygen atoms in total. The van der Waals surface area contributed by atoms with Crippen molar-refractivity contribution in [1.29, 1.82) is 0 Å². The zero-order valence-electron chi connectivity index (χ0n) is 12.6. The van der Waals surface area contributed by atoms with Crippen LogP contribution in [0.15, 0.2) is 10.9 Å². The SMILES string of the molecule is CCN(C)c1cc2c(C(C)C)nn(CC(=O)O)c(=O)c2s1. The lowest BCUT2D eigenvalue weighted by molar-refractivity contribution is -0.138. The highest BCUT2D eigenvalue weighted by Gasteiger charge is 2.18. The number of aliphatic carboxylic acids is 1. The van der Waals surface area contributed by atoms with E-state index in [-0.39, 0.29) is 11.5 Å². The van der Waals surface area contributed by atoms with E-state index in [0.717, 1.165) is 27.3 Å². The van der Waals surface area contributed by atoms with Gasteiger partial charge in [0.2, 0.25) is 0 Å². The molecule has 114 valence electrons. The summed E-state index contributed by atoms with van der Waals surface area (Å²) >= 11 is 1.39. The molecule has 7 heteroatoms. The van der Waals surface area contributed by atoms with E-state index in [2.05, 4.69) is 10.00 Å². The normalized spacial score (nSPS) is 11.3. The summed E-state index contributed by atoms with van der Waals surface area (Å²) in [6, 6.07) is 1.97. The lowest BCUT2D eigenvalue weighted by Gasteiger charge is -2.12. The number of thiophene rings is 1. The van der Waals surface area contributed by atoms with E-state index in [1.807, 2.05) is 33.9 Å². The minimum Gasteiger partial charge on any atom is -0.480 e. The Morgan fingerprint density at radius 1 is 1.52 bits per heavy atom. The van der Waals surface area contributed by atoms with Crippen LogP contribution in [-0.2, 0) is 11.3 Å². The van der Waals surface area contributed by atoms with Gasteiger partial charge in [-0.1, -0.05) is 13.8 Å². The minimum atomic E-state index is -1.07. The van der Waals surface area contributed by atoms with Crippen molar-refractivity contribution in [2.45, 2.75) is 33.2 Å². The van der Waals surface area contributed by atoms with Crippen LogP contribution in [0.1, 0.15) is 32.4 Å². The third-order valence-electron chi connectivity index (χ3n) is 3.33. The molecule has 0 amide bonds. The number of nitrogens with zero attached hydrogens (tertiary/aromatic N) is 3. The summed E-state index contributed by atoms with van der Waals surface area (Å²) < 4.78 is 1.62. The van der Waals surface area contributed by atoms with Crippen LogP contribution in [0.25, 0.3) is 10.1 Å². The summed E-state index contributed by atoms with van der Waals surface area (Å²) in [6.45, 7) is 6.43. The summed E-state index contributed by atoms with van der Waals surface area (Å²) in [5, 5.41) is 15.0. The fourth-order valence-electron chi connectivity index (χ4n) is 2.08. The molecule has 2 heterocycles. The molecule has 0 unspecified atom stereocenters. The van der Waals surface area contributed by atoms with Crippen LogP contribution in [-0.4, -0.2) is 34.4 Å². The first-order valence-electron chi connectivity index (χ1n) is 6.82. The molecular weight excluding hydrogens is 290 g/mol. The maximum absolute atomic E-state index is 12.4. The van der Waals surface area contributed by atoms with Gasteiger partial charge in [-0.2, -0.15) is 5.10 Å². The van der Waals surface area contributed by atoms with Gasteiger partial charge in [0.1, 0.15) is 11.2 Å². The molecule has 0 fully saturated rings. The molecule has 0 spiro atoms. The lowest BCUT2D eigenvalue weighted by Crippen LogP contribution is -2.27. The Morgan fingerprint density at radius 2 is 2.19 bits per heavy atom. The van der Waals surface area contributed by atoms with Crippen LogP contribution in [0.3, 0.4) is 0 Å². The van der Waals surface area contributed by atoms with Gasteiger partial charge < -0.3 is 10.0 Å². The van der Waals surface area contributed by atoms with E-state index >= 15 is 0 Å². The molecule has 0 atom stereocenters. The summed E-state index contributed by atoms with van der Waals surface area (Å²) in [7, 11) is 1.96. The van der Waals surface area contributed by atoms with E-state index in [4.69, 9.17) is 5.11 Å². The molecule has 0 aromatic carbocycles. The van der Waals surface area contributed by atoms with Gasteiger partial charge in [0, 0.05) is 19.0 Å². The van der Waals surface area contributed by atoms with Crippen molar-refractivity contribution in [3.05, 3.63) is 22.1 Å². The Balaban J connectivity index is 2.73. The number of carboxylic acid groups (broad SMARTS) is 1. The summed E-state index contributed by atoms with van der Waals surface area (Å²) in [6.07, 6.45) is 0. The van der Waals surface area contributed by atoms with Crippen molar-refractivity contribution in [3.63, 3.8) is 0 Å². The lowest BCUT2D eigenvalue weighted by atomic mass is 10.1. The molecule has 21 heavy (non-hydrogen) atoms. The van der Waals surface area contributed by atoms with Gasteiger partial charge in [0.05, 0.1) is 10.7 Å². The molecule has 0 saturated carbocycles. The molecule has 0 saturated heterocycles. The van der Waals surface area contributed by atoms with E-state index < -0.39 is 12.5 Å². The molecule has 0 radical (unpaired) electrons. The molecule has 0 aliphatic rings. The van der Waals surface area contributed by atoms with Crippen LogP contribution in [0, 0.1) is 0 Å². The summed E-state index contributed by atoms with van der Waals surface area (Å²) in [5.41, 5.74) is 0.426. The predicted molar refractivity (Wildman–Crippen MR) is 84.5 cm³/mol. The zero-order valence-corrected chi connectivity index (χ0v) is 13.4. The average molecular weight is 309 g/mol. The van der Waals surface area contributed by atoms with Crippen molar-refractivity contribution in [2.75, 3.05) is 18.5 Å². The number of hydrogen-bond donors (Lipinski definition) is 1. The highest BCUT2D eigenvalue weighted by molar-refractivity contribution is 7.22. The average Bonchev–Trinajstić information content (AvgIpc) is 2.85. The van der Waals surface area contributed by atoms with Crippen LogP contribution in [0.5, 0.6) is 0 Å². The molecule has 2 aromatic rings. The maximum atomic E-state index is 12.4. The van der Waals surface area contributed by atoms with E-state index in [9.17, 15) is 9.59 Å². The first-order valence-corrected chi connectivity index (χ1v) is 7.64. The summed E-state index contributed by atoms with van der Waals surface area (Å²) in [5.74, 6) is -0.955. The number of fused-ring (bicyclic) bond motifs is 1. The van der Waals surface area contributed by atoms with E-state index in [1.165, 1.54) is 11.3 Å². The van der Waals surface area contributed by atoms with Gasteiger partial charge in [0.15, 0.2) is 0 Å². The second kappa shape index (κ2) is 5.85. The number of aromatic nitrogens is 2. The van der Waals surface area contributed by atoms with Crippen molar-refractivity contribution >= 4 is 32.4 Å². The Hall–Kier alpha value is -1.89. The predicted octanol–water partition coefficient (Wildman–Crippen LogP) is 2.12. The van der Waals surface area contributed by atoms with Gasteiger partial charge in [0.25, 0.3) is 5.56 Å². The van der Waals surface area contributed by atoms with E-state index in [1.54, 1.807) is 0 Å². The van der Waals surface area contributed by atoms with Gasteiger partial charge >= 0.3 is 5.97 Å². The minimum absolute atomic E-state index is 0.113. The third-order valence-corrected chi connectivity index (χ3v) is 4.57. The number of anilines is 1. The van der Waals surface area contributed by atoms with Crippen molar-refractivity contribution < 1.29 is 9.90 Å². The number of rotatable bonds is 5. The smallest absolute Gasteiger partial charge is 0.325 e. The van der Waals surface area contributed by atoms with Crippen molar-refractivity contribution in [1.82, 2.24) is 9.78 Å². The quantitative estimate of drug-likeness (QED) is 0.915. The number of hydrogen-bond acceptors (Lipinski definition) is 5. The molecule has 2 rings (SSSR count). The van der Waals surface area contributed by atoms with Crippen molar-refractivity contribution in [2.24, 2.45) is 0 Å². The Labute approximate surface area is 126 Å². The van der Waals surface area contributed by atoms with Crippen molar-refractivity contribution in [3.8, 4) is 0 Å². The third kappa shape index (κ3) is 2.92.